The summed E-state index contributed by atoms with van der Waals surface area (Å²) in [6.45, 7) is 5.57. The molecule has 4 nitrogen and oxygen atoms in total. The number of hydrogen-bond donors (Lipinski definition) is 0. The maximum atomic E-state index is 5.81. The molecule has 2 aromatic heterocycles. The Morgan fingerprint density at radius 3 is 2.72 bits per heavy atom. The molecule has 1 aromatic carbocycles. The van der Waals surface area contributed by atoms with E-state index < -0.39 is 0 Å². The van der Waals surface area contributed by atoms with Crippen LogP contribution in [0.1, 0.15) is 34.8 Å². The fourth-order valence-corrected chi connectivity index (χ4v) is 3.23. The third kappa shape index (κ3) is 4.87. The van der Waals surface area contributed by atoms with Gasteiger partial charge in [-0.3, -0.25) is 9.88 Å². The van der Waals surface area contributed by atoms with E-state index >= 15 is 0 Å². The smallest absolute Gasteiger partial charge is 0.140 e. The molecular weight excluding hydrogens is 330 g/mol. The third-order valence-electron chi connectivity index (χ3n) is 4.22. The molecule has 3 aromatic rings. The zero-order valence-electron chi connectivity index (χ0n) is 14.8. The van der Waals surface area contributed by atoms with E-state index in [0.717, 1.165) is 23.0 Å². The first-order valence-electron chi connectivity index (χ1n) is 8.35. The summed E-state index contributed by atoms with van der Waals surface area (Å²) in [4.78, 5) is 11.2. The zero-order valence-corrected chi connectivity index (χ0v) is 15.7. The normalized spacial score (nSPS) is 12.3. The SMILES string of the molecule is Cc1ccc(OCc2nc(CN(C)C(C)c3cccnc3)cs2)cc1. The van der Waals surface area contributed by atoms with E-state index in [0.29, 0.717) is 12.6 Å². The highest BCUT2D eigenvalue weighted by Gasteiger charge is 2.13. The van der Waals surface area contributed by atoms with Crippen LogP contribution in [0.15, 0.2) is 54.2 Å². The molecule has 0 aliphatic rings. The first kappa shape index (κ1) is 17.6. The summed E-state index contributed by atoms with van der Waals surface area (Å²) < 4.78 is 5.81. The third-order valence-corrected chi connectivity index (χ3v) is 5.09. The quantitative estimate of drug-likeness (QED) is 0.621. The minimum Gasteiger partial charge on any atom is -0.486 e. The van der Waals surface area contributed by atoms with Crippen LogP contribution in [0.25, 0.3) is 0 Å². The monoisotopic (exact) mass is 353 g/mol. The molecule has 0 saturated carbocycles. The first-order valence-corrected chi connectivity index (χ1v) is 9.22. The molecule has 0 radical (unpaired) electrons. The Morgan fingerprint density at radius 1 is 1.20 bits per heavy atom. The van der Waals surface area contributed by atoms with E-state index in [4.69, 9.17) is 9.72 Å². The molecule has 0 N–H and O–H groups in total. The number of aryl methyl sites for hydroxylation is 1. The van der Waals surface area contributed by atoms with Crippen LogP contribution in [0, 0.1) is 6.92 Å². The number of pyridine rings is 1. The van der Waals surface area contributed by atoms with E-state index in [1.807, 2.05) is 24.4 Å². The highest BCUT2D eigenvalue weighted by Crippen LogP contribution is 2.21. The van der Waals surface area contributed by atoms with E-state index in [2.05, 4.69) is 54.4 Å². The van der Waals surface area contributed by atoms with Crippen molar-refractivity contribution in [2.75, 3.05) is 7.05 Å². The van der Waals surface area contributed by atoms with Crippen molar-refractivity contribution in [3.63, 3.8) is 0 Å². The van der Waals surface area contributed by atoms with Crippen molar-refractivity contribution >= 4 is 11.3 Å². The molecule has 1 unspecified atom stereocenters. The van der Waals surface area contributed by atoms with Gasteiger partial charge in [-0.05, 0) is 44.7 Å². The largest absolute Gasteiger partial charge is 0.486 e. The van der Waals surface area contributed by atoms with Crippen LogP contribution in [0.4, 0.5) is 0 Å². The molecule has 0 spiro atoms. The van der Waals surface area contributed by atoms with Gasteiger partial charge in [-0.2, -0.15) is 0 Å². The number of rotatable bonds is 7. The van der Waals surface area contributed by atoms with Crippen LogP contribution in [0.2, 0.25) is 0 Å². The van der Waals surface area contributed by atoms with Gasteiger partial charge in [0, 0.05) is 30.4 Å². The minimum atomic E-state index is 0.294. The Balaban J connectivity index is 1.55. The second-order valence-corrected chi connectivity index (χ2v) is 7.15. The molecule has 0 aliphatic heterocycles. The number of nitrogens with zero attached hydrogens (tertiary/aromatic N) is 3. The van der Waals surface area contributed by atoms with Gasteiger partial charge < -0.3 is 4.74 Å². The van der Waals surface area contributed by atoms with Gasteiger partial charge in [-0.25, -0.2) is 4.98 Å². The Morgan fingerprint density at radius 2 is 2.00 bits per heavy atom. The van der Waals surface area contributed by atoms with E-state index in [1.54, 1.807) is 17.5 Å². The van der Waals surface area contributed by atoms with E-state index in [1.165, 1.54) is 11.1 Å². The minimum absolute atomic E-state index is 0.294. The van der Waals surface area contributed by atoms with Gasteiger partial charge in [0.05, 0.1) is 5.69 Å². The van der Waals surface area contributed by atoms with Crippen molar-refractivity contribution in [2.45, 2.75) is 33.0 Å². The number of aromatic nitrogens is 2. The van der Waals surface area contributed by atoms with Crippen molar-refractivity contribution < 1.29 is 4.74 Å². The van der Waals surface area contributed by atoms with Gasteiger partial charge in [-0.1, -0.05) is 23.8 Å². The molecule has 3 rings (SSSR count). The summed E-state index contributed by atoms with van der Waals surface area (Å²) in [5.74, 6) is 0.879. The lowest BCUT2D eigenvalue weighted by Gasteiger charge is -2.23. The lowest BCUT2D eigenvalue weighted by atomic mass is 10.1. The van der Waals surface area contributed by atoms with Gasteiger partial charge in [0.15, 0.2) is 0 Å². The number of thiazole rings is 1. The van der Waals surface area contributed by atoms with Crippen LogP contribution in [0.5, 0.6) is 5.75 Å². The van der Waals surface area contributed by atoms with Crippen LogP contribution in [-0.4, -0.2) is 21.9 Å². The number of ether oxygens (including phenoxy) is 1. The number of hydrogen-bond acceptors (Lipinski definition) is 5. The van der Waals surface area contributed by atoms with Crippen molar-refractivity contribution in [2.24, 2.45) is 0 Å². The van der Waals surface area contributed by atoms with Crippen LogP contribution in [0.3, 0.4) is 0 Å². The average Bonchev–Trinajstić information content (AvgIpc) is 3.08. The van der Waals surface area contributed by atoms with Crippen LogP contribution in [-0.2, 0) is 13.2 Å². The van der Waals surface area contributed by atoms with Crippen molar-refractivity contribution in [1.82, 2.24) is 14.9 Å². The van der Waals surface area contributed by atoms with Crippen molar-refractivity contribution in [3.8, 4) is 5.75 Å². The summed E-state index contributed by atoms with van der Waals surface area (Å²) in [6, 6.07) is 12.5. The molecule has 0 fully saturated rings. The molecule has 0 bridgehead atoms. The average molecular weight is 353 g/mol. The summed E-state index contributed by atoms with van der Waals surface area (Å²) in [6.07, 6.45) is 3.72. The maximum absolute atomic E-state index is 5.81. The Labute approximate surface area is 153 Å². The molecule has 0 saturated heterocycles. The standard InChI is InChI=1S/C20H23N3OS/c1-15-6-8-19(9-7-15)24-13-20-22-18(14-25-20)12-23(3)16(2)17-5-4-10-21-11-17/h4-11,14,16H,12-13H2,1-3H3. The van der Waals surface area contributed by atoms with E-state index in [-0.39, 0.29) is 0 Å². The summed E-state index contributed by atoms with van der Waals surface area (Å²) in [5.41, 5.74) is 3.52. The fourth-order valence-electron chi connectivity index (χ4n) is 2.54. The van der Waals surface area contributed by atoms with Gasteiger partial charge in [0.25, 0.3) is 0 Å². The van der Waals surface area contributed by atoms with Crippen LogP contribution < -0.4 is 4.74 Å². The summed E-state index contributed by atoms with van der Waals surface area (Å²) >= 11 is 1.65. The predicted molar refractivity (Wildman–Crippen MR) is 102 cm³/mol. The van der Waals surface area contributed by atoms with Gasteiger partial charge in [0.2, 0.25) is 0 Å². The molecule has 0 aliphatic carbocycles. The summed E-state index contributed by atoms with van der Waals surface area (Å²) in [5, 5.41) is 3.11. The summed E-state index contributed by atoms with van der Waals surface area (Å²) in [7, 11) is 2.11. The molecule has 5 heteroatoms. The first-order chi connectivity index (χ1) is 12.1. The van der Waals surface area contributed by atoms with Crippen molar-refractivity contribution in [1.29, 1.82) is 0 Å². The Hall–Kier alpha value is -2.24. The molecule has 130 valence electrons. The van der Waals surface area contributed by atoms with Gasteiger partial charge in [-0.15, -0.1) is 11.3 Å². The topological polar surface area (TPSA) is 38.2 Å². The highest BCUT2D eigenvalue weighted by atomic mass is 32.1. The zero-order chi connectivity index (χ0) is 17.6. The second kappa shape index (κ2) is 8.23. The van der Waals surface area contributed by atoms with Gasteiger partial charge >= 0.3 is 0 Å². The molecule has 25 heavy (non-hydrogen) atoms. The highest BCUT2D eigenvalue weighted by molar-refractivity contribution is 7.09. The molecular formula is C20H23N3OS. The molecule has 0 amide bonds. The molecule has 1 atom stereocenters. The second-order valence-electron chi connectivity index (χ2n) is 6.21. The van der Waals surface area contributed by atoms with E-state index in [9.17, 15) is 0 Å². The van der Waals surface area contributed by atoms with Crippen molar-refractivity contribution in [3.05, 3.63) is 76.0 Å². The lowest BCUT2D eigenvalue weighted by molar-refractivity contribution is 0.249. The number of benzene rings is 1. The fraction of sp³-hybridized carbons (Fsp3) is 0.300. The van der Waals surface area contributed by atoms with Gasteiger partial charge in [0.1, 0.15) is 17.4 Å². The molecule has 2 heterocycles. The Bertz CT molecular complexity index is 786. The lowest BCUT2D eigenvalue weighted by Crippen LogP contribution is -2.22. The predicted octanol–water partition coefficient (Wildman–Crippen LogP) is 4.62. The maximum Gasteiger partial charge on any atom is 0.140 e. The van der Waals surface area contributed by atoms with Crippen LogP contribution >= 0.6 is 11.3 Å². The Kier molecular flexibility index (Phi) is 5.79.